The Kier molecular flexibility index (Phi) is 6.77. The first-order valence-corrected chi connectivity index (χ1v) is 12.1. The predicted molar refractivity (Wildman–Crippen MR) is 140 cm³/mol. The molecule has 2 aliphatic rings. The van der Waals surface area contributed by atoms with Crippen LogP contribution in [0.1, 0.15) is 17.5 Å². The molecule has 2 heterocycles. The zero-order chi connectivity index (χ0) is 24.0. The average Bonchev–Trinajstić information content (AvgIpc) is 3.32. The third-order valence-corrected chi connectivity index (χ3v) is 6.27. The Hall–Kier alpha value is -4.10. The molecule has 0 saturated carbocycles. The van der Waals surface area contributed by atoms with Gasteiger partial charge in [0.1, 0.15) is 17.3 Å². The fourth-order valence-electron chi connectivity index (χ4n) is 3.70. The minimum absolute atomic E-state index is 0.124. The van der Waals surface area contributed by atoms with Crippen LogP contribution in [0.25, 0.3) is 11.8 Å². The maximum atomic E-state index is 12.7. The van der Waals surface area contributed by atoms with Gasteiger partial charge in [0, 0.05) is 11.8 Å². The SMILES string of the molecule is N=C1/C(=C\c2ccc(OCCCOc3ccccc3)cc2)C(=O)N=C2SC=C(c3ccccc3)N12. The molecule has 7 heteroatoms. The van der Waals surface area contributed by atoms with Crippen molar-refractivity contribution in [3.63, 3.8) is 0 Å². The van der Waals surface area contributed by atoms with Crippen molar-refractivity contribution in [2.75, 3.05) is 13.2 Å². The Morgan fingerprint density at radius 3 is 2.17 bits per heavy atom. The molecule has 0 unspecified atom stereocenters. The van der Waals surface area contributed by atoms with E-state index in [0.717, 1.165) is 34.7 Å². The number of ether oxygens (including phenoxy) is 2. The van der Waals surface area contributed by atoms with Gasteiger partial charge in [-0.1, -0.05) is 72.4 Å². The van der Waals surface area contributed by atoms with Gasteiger partial charge in [0.15, 0.2) is 5.17 Å². The van der Waals surface area contributed by atoms with E-state index in [1.165, 1.54) is 11.8 Å². The van der Waals surface area contributed by atoms with Gasteiger partial charge in [-0.05, 0) is 41.5 Å². The van der Waals surface area contributed by atoms with Crippen molar-refractivity contribution in [2.45, 2.75) is 6.42 Å². The molecule has 1 N–H and O–H groups in total. The first kappa shape index (κ1) is 22.7. The van der Waals surface area contributed by atoms with E-state index in [9.17, 15) is 4.79 Å². The Balaban J connectivity index is 1.21. The minimum atomic E-state index is -0.407. The summed E-state index contributed by atoms with van der Waals surface area (Å²) < 4.78 is 11.5. The lowest BCUT2D eigenvalue weighted by molar-refractivity contribution is -0.114. The molecule has 0 fully saturated rings. The van der Waals surface area contributed by atoms with Crippen molar-refractivity contribution < 1.29 is 14.3 Å². The summed E-state index contributed by atoms with van der Waals surface area (Å²) in [6.07, 6.45) is 2.46. The Morgan fingerprint density at radius 2 is 1.49 bits per heavy atom. The Bertz CT molecular complexity index is 1320. The molecular weight excluding hydrogens is 458 g/mol. The summed E-state index contributed by atoms with van der Waals surface area (Å²) in [5, 5.41) is 11.2. The highest BCUT2D eigenvalue weighted by Gasteiger charge is 2.36. The molecule has 174 valence electrons. The molecule has 0 bridgehead atoms. The van der Waals surface area contributed by atoms with E-state index in [4.69, 9.17) is 14.9 Å². The van der Waals surface area contributed by atoms with Crippen LogP contribution in [-0.2, 0) is 4.79 Å². The molecule has 2 aliphatic heterocycles. The van der Waals surface area contributed by atoms with Gasteiger partial charge in [-0.2, -0.15) is 4.99 Å². The second-order valence-electron chi connectivity index (χ2n) is 7.86. The van der Waals surface area contributed by atoms with Gasteiger partial charge in [0.05, 0.1) is 24.5 Å². The molecule has 5 rings (SSSR count). The number of fused-ring (bicyclic) bond motifs is 1. The smallest absolute Gasteiger partial charge is 0.283 e. The molecule has 0 spiro atoms. The third-order valence-electron chi connectivity index (χ3n) is 5.44. The molecule has 0 radical (unpaired) electrons. The molecule has 0 aromatic heterocycles. The molecule has 3 aromatic rings. The van der Waals surface area contributed by atoms with Crippen LogP contribution in [0.5, 0.6) is 11.5 Å². The van der Waals surface area contributed by atoms with E-state index in [1.54, 1.807) is 11.0 Å². The largest absolute Gasteiger partial charge is 0.493 e. The molecule has 0 saturated heterocycles. The predicted octanol–water partition coefficient (Wildman–Crippen LogP) is 5.84. The second-order valence-corrected chi connectivity index (χ2v) is 8.70. The van der Waals surface area contributed by atoms with E-state index < -0.39 is 5.91 Å². The lowest BCUT2D eigenvalue weighted by Crippen LogP contribution is -2.38. The lowest BCUT2D eigenvalue weighted by atomic mass is 10.1. The number of amidine groups is 2. The van der Waals surface area contributed by atoms with Crippen LogP contribution in [0.3, 0.4) is 0 Å². The molecule has 35 heavy (non-hydrogen) atoms. The van der Waals surface area contributed by atoms with Gasteiger partial charge < -0.3 is 9.47 Å². The van der Waals surface area contributed by atoms with Crippen molar-refractivity contribution in [3.8, 4) is 11.5 Å². The zero-order valence-corrected chi connectivity index (χ0v) is 19.7. The number of benzene rings is 3. The highest BCUT2D eigenvalue weighted by Crippen LogP contribution is 2.37. The quantitative estimate of drug-likeness (QED) is 0.323. The summed E-state index contributed by atoms with van der Waals surface area (Å²) in [6.45, 7) is 1.12. The summed E-state index contributed by atoms with van der Waals surface area (Å²) in [5.74, 6) is 1.31. The van der Waals surface area contributed by atoms with Gasteiger partial charge in [-0.3, -0.25) is 15.1 Å². The van der Waals surface area contributed by atoms with Crippen LogP contribution in [0.4, 0.5) is 0 Å². The molecule has 3 aromatic carbocycles. The minimum Gasteiger partial charge on any atom is -0.493 e. The van der Waals surface area contributed by atoms with Crippen molar-refractivity contribution in [1.29, 1.82) is 5.41 Å². The molecule has 0 atom stereocenters. The maximum Gasteiger partial charge on any atom is 0.283 e. The summed E-state index contributed by atoms with van der Waals surface area (Å²) in [5.41, 5.74) is 2.87. The monoisotopic (exact) mass is 481 g/mol. The molecule has 6 nitrogen and oxygen atoms in total. The van der Waals surface area contributed by atoms with Gasteiger partial charge in [-0.25, -0.2) is 0 Å². The number of nitrogens with one attached hydrogen (secondary N) is 1. The van der Waals surface area contributed by atoms with Gasteiger partial charge in [0.25, 0.3) is 5.91 Å². The van der Waals surface area contributed by atoms with Crippen LogP contribution in [-0.4, -0.2) is 35.0 Å². The molecule has 0 aliphatic carbocycles. The van der Waals surface area contributed by atoms with Crippen molar-refractivity contribution in [1.82, 2.24) is 4.90 Å². The van der Waals surface area contributed by atoms with Crippen LogP contribution in [0.2, 0.25) is 0 Å². The van der Waals surface area contributed by atoms with E-state index in [1.807, 2.05) is 90.3 Å². The summed E-state index contributed by atoms with van der Waals surface area (Å²) in [4.78, 5) is 18.6. The van der Waals surface area contributed by atoms with Crippen LogP contribution >= 0.6 is 11.8 Å². The van der Waals surface area contributed by atoms with Crippen molar-refractivity contribution in [3.05, 3.63) is 107 Å². The van der Waals surface area contributed by atoms with Gasteiger partial charge in [-0.15, -0.1) is 0 Å². The second kappa shape index (κ2) is 10.4. The number of hydrogen-bond donors (Lipinski definition) is 1. The Morgan fingerprint density at radius 1 is 0.857 bits per heavy atom. The standard InChI is InChI=1S/C28H23N3O3S/c29-26-24(27(32)30-28-31(26)25(19-35-28)21-8-3-1-4-9-21)18-20-12-14-23(15-13-20)34-17-7-16-33-22-10-5-2-6-11-22/h1-6,8-15,18-19,29H,7,16-17H2/b24-18+,29-26?. The number of carbonyl (C=O) groups excluding carboxylic acids is 1. The summed E-state index contributed by atoms with van der Waals surface area (Å²) in [7, 11) is 0. The first-order chi connectivity index (χ1) is 17.2. The highest BCUT2D eigenvalue weighted by atomic mass is 32.2. The number of carbonyl (C=O) groups is 1. The van der Waals surface area contributed by atoms with E-state index in [0.29, 0.717) is 18.4 Å². The summed E-state index contributed by atoms with van der Waals surface area (Å²) in [6, 6.07) is 27.0. The van der Waals surface area contributed by atoms with Crippen LogP contribution in [0, 0.1) is 5.41 Å². The van der Waals surface area contributed by atoms with E-state index in [-0.39, 0.29) is 11.4 Å². The number of para-hydroxylation sites is 1. The molecular formula is C28H23N3O3S. The van der Waals surface area contributed by atoms with Gasteiger partial charge in [0.2, 0.25) is 0 Å². The maximum absolute atomic E-state index is 12.7. The van der Waals surface area contributed by atoms with E-state index in [2.05, 4.69) is 4.99 Å². The number of hydrogen-bond acceptors (Lipinski definition) is 5. The first-order valence-electron chi connectivity index (χ1n) is 11.3. The van der Waals surface area contributed by atoms with Gasteiger partial charge >= 0.3 is 0 Å². The fraction of sp³-hybridized carbons (Fsp3) is 0.107. The normalized spacial score (nSPS) is 16.1. The highest BCUT2D eigenvalue weighted by molar-refractivity contribution is 8.17. The number of amides is 1. The van der Waals surface area contributed by atoms with E-state index >= 15 is 0 Å². The third kappa shape index (κ3) is 5.20. The van der Waals surface area contributed by atoms with Crippen LogP contribution < -0.4 is 9.47 Å². The van der Waals surface area contributed by atoms with Crippen molar-refractivity contribution in [2.24, 2.45) is 4.99 Å². The number of thioether (sulfide) groups is 1. The van der Waals surface area contributed by atoms with Crippen LogP contribution in [0.15, 0.2) is 101 Å². The van der Waals surface area contributed by atoms with Crippen molar-refractivity contribution >= 4 is 40.4 Å². The topological polar surface area (TPSA) is 75.0 Å². The summed E-state index contributed by atoms with van der Waals surface area (Å²) >= 11 is 1.36. The number of nitrogens with zero attached hydrogens (tertiary/aromatic N) is 2. The average molecular weight is 482 g/mol. The lowest BCUT2D eigenvalue weighted by Gasteiger charge is -2.26. The number of aliphatic imine (C=N–C) groups is 1. The zero-order valence-electron chi connectivity index (χ0n) is 18.9. The Labute approximate surface area is 208 Å². The molecule has 1 amide bonds. The fourth-order valence-corrected chi connectivity index (χ4v) is 4.59. The number of rotatable bonds is 8.